The molecule has 0 bridgehead atoms. The summed E-state index contributed by atoms with van der Waals surface area (Å²) in [6.07, 6.45) is 0. The van der Waals surface area contributed by atoms with Crippen LogP contribution in [0.1, 0.15) is 17.3 Å². The number of hydrogen-bond donors (Lipinski definition) is 0. The summed E-state index contributed by atoms with van der Waals surface area (Å²) in [7, 11) is 0. The maximum Gasteiger partial charge on any atom is 0.262 e. The summed E-state index contributed by atoms with van der Waals surface area (Å²) in [5, 5.41) is 1.17. The molecule has 0 amide bonds. The summed E-state index contributed by atoms with van der Waals surface area (Å²) < 4.78 is 1.62. The number of nitrogens with zero attached hydrogens (tertiary/aromatic N) is 2. The summed E-state index contributed by atoms with van der Waals surface area (Å²) in [6, 6.07) is 25.0. The number of hydrogen-bond acceptors (Lipinski definition) is 4. The van der Waals surface area contributed by atoms with E-state index >= 15 is 0 Å². The Hall–Kier alpha value is -2.70. The molecule has 4 nitrogen and oxygen atoms in total. The molecule has 0 unspecified atom stereocenters. The number of benzene rings is 3. The summed E-state index contributed by atoms with van der Waals surface area (Å²) in [4.78, 5) is 30.0. The number of Topliss-reactive ketones (excluding diaryl/α,β-unsaturated/α-hetero) is 1. The average molecular weight is 481 g/mol. The summed E-state index contributed by atoms with van der Waals surface area (Å²) >= 11 is 1.31. The zero-order valence-electron chi connectivity index (χ0n) is 16.4. The van der Waals surface area contributed by atoms with E-state index in [1.165, 1.54) is 11.8 Å². The van der Waals surface area contributed by atoms with Gasteiger partial charge in [0.1, 0.15) is 0 Å². The number of ketones is 1. The van der Waals surface area contributed by atoms with Crippen LogP contribution in [0.15, 0.2) is 88.8 Å². The largest absolute Gasteiger partial charge is 0.293 e. The molecule has 0 spiro atoms. The lowest BCUT2D eigenvalue weighted by Crippen LogP contribution is -2.22. The number of carbonyl (C=O) groups excluding carboxylic acids is 1. The van der Waals surface area contributed by atoms with Gasteiger partial charge in [-0.15, -0.1) is 17.0 Å². The van der Waals surface area contributed by atoms with Crippen molar-refractivity contribution in [3.63, 3.8) is 0 Å². The molecular weight excluding hydrogens is 460 g/mol. The first-order valence-corrected chi connectivity index (χ1v) is 10.5. The van der Waals surface area contributed by atoms with Crippen molar-refractivity contribution in [1.29, 1.82) is 0 Å². The molecule has 1 heterocycles. The summed E-state index contributed by atoms with van der Waals surface area (Å²) in [5.74, 6) is 0.245. The molecule has 0 saturated carbocycles. The Kier molecular flexibility index (Phi) is 7.24. The maximum absolute atomic E-state index is 12.7. The molecular formula is C24H21BrN2O2S. The predicted octanol–water partition coefficient (Wildman–Crippen LogP) is 5.64. The Morgan fingerprint density at radius 2 is 1.53 bits per heavy atom. The van der Waals surface area contributed by atoms with Gasteiger partial charge in [0.25, 0.3) is 5.56 Å². The standard InChI is InChI=1S/C24H20N2O2S.BrH/c1-2-26-23(28)20-10-6-7-11-21(20)25-24(26)29-16-22(27)19-14-12-18(13-15-19)17-8-4-3-5-9-17;/h3-15H,2,16H2,1H3;1H. The van der Waals surface area contributed by atoms with Crippen molar-refractivity contribution < 1.29 is 4.79 Å². The Morgan fingerprint density at radius 3 is 2.23 bits per heavy atom. The van der Waals surface area contributed by atoms with E-state index in [-0.39, 0.29) is 34.1 Å². The zero-order chi connectivity index (χ0) is 20.2. The zero-order valence-corrected chi connectivity index (χ0v) is 19.0. The van der Waals surface area contributed by atoms with Crippen molar-refractivity contribution in [2.75, 3.05) is 5.75 Å². The molecule has 152 valence electrons. The number of para-hydroxylation sites is 1. The molecule has 0 radical (unpaired) electrons. The van der Waals surface area contributed by atoms with E-state index in [0.29, 0.717) is 28.2 Å². The van der Waals surface area contributed by atoms with Crippen LogP contribution in [0.2, 0.25) is 0 Å². The van der Waals surface area contributed by atoms with Gasteiger partial charge in [-0.3, -0.25) is 14.2 Å². The number of rotatable bonds is 6. The van der Waals surface area contributed by atoms with Gasteiger partial charge in [0.2, 0.25) is 0 Å². The SMILES string of the molecule is Br.CCn1c(SCC(=O)c2ccc(-c3ccccc3)cc2)nc2ccccc2c1=O. The summed E-state index contributed by atoms with van der Waals surface area (Å²) in [5.41, 5.74) is 3.44. The molecule has 0 aliphatic heterocycles. The van der Waals surface area contributed by atoms with E-state index in [4.69, 9.17) is 0 Å². The lowest BCUT2D eigenvalue weighted by atomic mass is 10.0. The highest BCUT2D eigenvalue weighted by Gasteiger charge is 2.13. The van der Waals surface area contributed by atoms with Crippen molar-refractivity contribution in [3.05, 3.63) is 94.8 Å². The van der Waals surface area contributed by atoms with Gasteiger partial charge < -0.3 is 0 Å². The maximum atomic E-state index is 12.7. The number of halogens is 1. The lowest BCUT2D eigenvalue weighted by Gasteiger charge is -2.11. The molecule has 0 saturated heterocycles. The summed E-state index contributed by atoms with van der Waals surface area (Å²) in [6.45, 7) is 2.42. The topological polar surface area (TPSA) is 52.0 Å². The quantitative estimate of drug-likeness (QED) is 0.203. The van der Waals surface area contributed by atoms with Gasteiger partial charge in [0.15, 0.2) is 10.9 Å². The third-order valence-corrected chi connectivity index (χ3v) is 5.77. The highest BCUT2D eigenvalue weighted by atomic mass is 79.9. The third-order valence-electron chi connectivity index (χ3n) is 4.79. The van der Waals surface area contributed by atoms with E-state index in [1.54, 1.807) is 10.6 Å². The van der Waals surface area contributed by atoms with E-state index in [9.17, 15) is 9.59 Å². The van der Waals surface area contributed by atoms with Crippen LogP contribution < -0.4 is 5.56 Å². The van der Waals surface area contributed by atoms with Crippen molar-refractivity contribution in [2.45, 2.75) is 18.6 Å². The fraction of sp³-hybridized carbons (Fsp3) is 0.125. The van der Waals surface area contributed by atoms with Crippen molar-refractivity contribution in [3.8, 4) is 11.1 Å². The monoisotopic (exact) mass is 480 g/mol. The first-order valence-electron chi connectivity index (χ1n) is 9.48. The molecule has 4 rings (SSSR count). The second-order valence-corrected chi connectivity index (χ2v) is 7.56. The molecule has 0 N–H and O–H groups in total. The van der Waals surface area contributed by atoms with E-state index in [2.05, 4.69) is 4.98 Å². The van der Waals surface area contributed by atoms with Gasteiger partial charge in [-0.1, -0.05) is 78.5 Å². The van der Waals surface area contributed by atoms with Gasteiger partial charge in [-0.2, -0.15) is 0 Å². The number of thioether (sulfide) groups is 1. The minimum Gasteiger partial charge on any atom is -0.293 e. The molecule has 0 aliphatic carbocycles. The molecule has 6 heteroatoms. The minimum absolute atomic E-state index is 0. The normalized spacial score (nSPS) is 10.6. The Balaban J connectivity index is 0.00000256. The Morgan fingerprint density at radius 1 is 0.900 bits per heavy atom. The molecule has 30 heavy (non-hydrogen) atoms. The van der Waals surface area contributed by atoms with Crippen LogP contribution in [-0.4, -0.2) is 21.1 Å². The molecule has 4 aromatic rings. The molecule has 0 atom stereocenters. The lowest BCUT2D eigenvalue weighted by molar-refractivity contribution is 0.102. The van der Waals surface area contributed by atoms with Crippen LogP contribution in [0.5, 0.6) is 0 Å². The van der Waals surface area contributed by atoms with Crippen molar-refractivity contribution in [2.24, 2.45) is 0 Å². The van der Waals surface area contributed by atoms with E-state index in [1.807, 2.05) is 79.7 Å². The minimum atomic E-state index is -0.0692. The van der Waals surface area contributed by atoms with Crippen LogP contribution in [0, 0.1) is 0 Å². The second-order valence-electron chi connectivity index (χ2n) is 6.62. The molecule has 0 aliphatic rings. The number of fused-ring (bicyclic) bond motifs is 1. The van der Waals surface area contributed by atoms with E-state index in [0.717, 1.165) is 11.1 Å². The van der Waals surface area contributed by atoms with Crippen LogP contribution in [-0.2, 0) is 6.54 Å². The van der Waals surface area contributed by atoms with Crippen LogP contribution in [0.25, 0.3) is 22.0 Å². The van der Waals surface area contributed by atoms with Crippen molar-refractivity contribution >= 4 is 45.4 Å². The second kappa shape index (κ2) is 9.87. The van der Waals surface area contributed by atoms with Gasteiger partial charge in [0.05, 0.1) is 16.7 Å². The first kappa shape index (κ1) is 22.0. The average Bonchev–Trinajstić information content (AvgIpc) is 2.78. The molecule has 3 aromatic carbocycles. The molecule has 0 fully saturated rings. The van der Waals surface area contributed by atoms with Crippen LogP contribution in [0.4, 0.5) is 0 Å². The van der Waals surface area contributed by atoms with Gasteiger partial charge in [-0.05, 0) is 30.2 Å². The van der Waals surface area contributed by atoms with Gasteiger partial charge in [-0.25, -0.2) is 4.98 Å². The van der Waals surface area contributed by atoms with Crippen molar-refractivity contribution in [1.82, 2.24) is 9.55 Å². The Bertz CT molecular complexity index is 1220. The van der Waals surface area contributed by atoms with Crippen LogP contribution >= 0.6 is 28.7 Å². The predicted molar refractivity (Wildman–Crippen MR) is 129 cm³/mol. The number of aromatic nitrogens is 2. The van der Waals surface area contributed by atoms with Crippen LogP contribution in [0.3, 0.4) is 0 Å². The van der Waals surface area contributed by atoms with Gasteiger partial charge >= 0.3 is 0 Å². The van der Waals surface area contributed by atoms with E-state index < -0.39 is 0 Å². The highest BCUT2D eigenvalue weighted by Crippen LogP contribution is 2.22. The fourth-order valence-electron chi connectivity index (χ4n) is 3.23. The smallest absolute Gasteiger partial charge is 0.262 e. The Labute approximate surface area is 189 Å². The third kappa shape index (κ3) is 4.55. The fourth-order valence-corrected chi connectivity index (χ4v) is 4.19. The highest BCUT2D eigenvalue weighted by molar-refractivity contribution is 8.93. The van der Waals surface area contributed by atoms with Gasteiger partial charge in [0, 0.05) is 12.1 Å². The first-order chi connectivity index (χ1) is 14.2. The molecule has 1 aromatic heterocycles. The number of carbonyl (C=O) groups is 1.